The fourth-order valence-electron chi connectivity index (χ4n) is 1.49. The molecule has 0 amide bonds. The fourth-order valence-corrected chi connectivity index (χ4v) is 1.49. The molecule has 1 aliphatic carbocycles. The molecule has 2 nitrogen and oxygen atoms in total. The summed E-state index contributed by atoms with van der Waals surface area (Å²) < 4.78 is 0. The summed E-state index contributed by atoms with van der Waals surface area (Å²) in [6.07, 6.45) is 4.34. The van der Waals surface area contributed by atoms with Crippen LogP contribution in [-0.4, -0.2) is 12.3 Å². The van der Waals surface area contributed by atoms with Crippen LogP contribution in [0, 0.1) is 11.8 Å². The molecule has 0 bridgehead atoms. The molecule has 1 aliphatic rings. The number of nitrogens with two attached hydrogens (primary N) is 1. The van der Waals surface area contributed by atoms with Crippen molar-refractivity contribution in [2.75, 3.05) is 6.54 Å². The van der Waals surface area contributed by atoms with E-state index in [1.165, 1.54) is 6.42 Å². The van der Waals surface area contributed by atoms with Gasteiger partial charge in [0, 0.05) is 11.8 Å². The maximum atomic E-state index is 11.5. The van der Waals surface area contributed by atoms with Gasteiger partial charge < -0.3 is 5.73 Å². The molecule has 2 heteroatoms. The Morgan fingerprint density at radius 3 is 2.64 bits per heavy atom. The van der Waals surface area contributed by atoms with Crippen molar-refractivity contribution >= 4 is 5.78 Å². The third-order valence-electron chi connectivity index (χ3n) is 2.59. The van der Waals surface area contributed by atoms with Gasteiger partial charge in [0.2, 0.25) is 0 Å². The van der Waals surface area contributed by atoms with Crippen molar-refractivity contribution in [2.24, 2.45) is 17.6 Å². The maximum Gasteiger partial charge on any atom is 0.138 e. The Balaban J connectivity index is 2.27. The fraction of sp³-hybridized carbons (Fsp3) is 0.889. The summed E-state index contributed by atoms with van der Waals surface area (Å²) >= 11 is 0. The smallest absolute Gasteiger partial charge is 0.138 e. The van der Waals surface area contributed by atoms with Crippen LogP contribution in [0.3, 0.4) is 0 Å². The van der Waals surface area contributed by atoms with E-state index in [9.17, 15) is 4.79 Å². The molecule has 0 radical (unpaired) electrons. The van der Waals surface area contributed by atoms with Crippen molar-refractivity contribution in [1.82, 2.24) is 0 Å². The lowest BCUT2D eigenvalue weighted by atomic mass is 9.77. The number of rotatable bonds is 4. The summed E-state index contributed by atoms with van der Waals surface area (Å²) in [5.41, 5.74) is 5.37. The van der Waals surface area contributed by atoms with Crippen LogP contribution in [0.25, 0.3) is 0 Å². The predicted octanol–water partition coefficient (Wildman–Crippen LogP) is 1.34. The molecule has 1 unspecified atom stereocenters. The normalized spacial score (nSPS) is 20.9. The van der Waals surface area contributed by atoms with Crippen LogP contribution in [0.5, 0.6) is 0 Å². The second-order valence-electron chi connectivity index (χ2n) is 3.51. The van der Waals surface area contributed by atoms with E-state index in [4.69, 9.17) is 5.73 Å². The highest BCUT2D eigenvalue weighted by molar-refractivity contribution is 5.83. The standard InChI is InChI=1S/C9H17NO/c1-7(5-6-10)9(11)8-3-2-4-8/h7-8H,2-6,10H2,1H3. The molecule has 64 valence electrons. The third-order valence-corrected chi connectivity index (χ3v) is 2.59. The Hall–Kier alpha value is -0.370. The first-order valence-electron chi connectivity index (χ1n) is 4.49. The summed E-state index contributed by atoms with van der Waals surface area (Å²) in [6.45, 7) is 2.63. The van der Waals surface area contributed by atoms with Gasteiger partial charge in [-0.25, -0.2) is 0 Å². The van der Waals surface area contributed by atoms with Gasteiger partial charge in [-0.1, -0.05) is 13.3 Å². The van der Waals surface area contributed by atoms with Crippen LogP contribution >= 0.6 is 0 Å². The highest BCUT2D eigenvalue weighted by Crippen LogP contribution is 2.30. The lowest BCUT2D eigenvalue weighted by molar-refractivity contribution is -0.128. The van der Waals surface area contributed by atoms with Gasteiger partial charge in [-0.3, -0.25) is 4.79 Å². The van der Waals surface area contributed by atoms with Gasteiger partial charge in [-0.05, 0) is 25.8 Å². The number of carbonyl (C=O) groups is 1. The van der Waals surface area contributed by atoms with E-state index < -0.39 is 0 Å². The van der Waals surface area contributed by atoms with Crippen molar-refractivity contribution in [3.8, 4) is 0 Å². The van der Waals surface area contributed by atoms with Gasteiger partial charge in [0.25, 0.3) is 0 Å². The molecular formula is C9H17NO. The molecule has 0 heterocycles. The maximum absolute atomic E-state index is 11.5. The van der Waals surface area contributed by atoms with E-state index in [1.54, 1.807) is 0 Å². The van der Waals surface area contributed by atoms with Gasteiger partial charge in [0.1, 0.15) is 5.78 Å². The first-order valence-corrected chi connectivity index (χ1v) is 4.49. The molecule has 1 rings (SSSR count). The molecule has 1 saturated carbocycles. The van der Waals surface area contributed by atoms with Crippen molar-refractivity contribution < 1.29 is 4.79 Å². The van der Waals surface area contributed by atoms with Gasteiger partial charge in [-0.2, -0.15) is 0 Å². The summed E-state index contributed by atoms with van der Waals surface area (Å²) in [4.78, 5) is 11.5. The number of hydrogen-bond acceptors (Lipinski definition) is 2. The Bertz CT molecular complexity index is 140. The predicted molar refractivity (Wildman–Crippen MR) is 45.2 cm³/mol. The molecule has 2 N–H and O–H groups in total. The second kappa shape index (κ2) is 3.86. The molecule has 0 spiro atoms. The lowest BCUT2D eigenvalue weighted by Crippen LogP contribution is -2.28. The average Bonchev–Trinajstić information content (AvgIpc) is 1.84. The average molecular weight is 155 g/mol. The molecule has 11 heavy (non-hydrogen) atoms. The summed E-state index contributed by atoms with van der Waals surface area (Å²) in [5, 5.41) is 0. The summed E-state index contributed by atoms with van der Waals surface area (Å²) in [5.74, 6) is 1.03. The van der Waals surface area contributed by atoms with E-state index in [0.29, 0.717) is 18.2 Å². The molecule has 0 saturated heterocycles. The quantitative estimate of drug-likeness (QED) is 0.665. The monoisotopic (exact) mass is 155 g/mol. The van der Waals surface area contributed by atoms with Crippen LogP contribution in [-0.2, 0) is 4.79 Å². The molecule has 1 fully saturated rings. The largest absolute Gasteiger partial charge is 0.330 e. The van der Waals surface area contributed by atoms with Crippen LogP contribution in [0.4, 0.5) is 0 Å². The van der Waals surface area contributed by atoms with Crippen LogP contribution in [0.15, 0.2) is 0 Å². The Kier molecular flexibility index (Phi) is 3.06. The SMILES string of the molecule is CC(CCN)C(=O)C1CCC1. The van der Waals surface area contributed by atoms with E-state index in [-0.39, 0.29) is 5.92 Å². The van der Waals surface area contributed by atoms with Crippen molar-refractivity contribution in [2.45, 2.75) is 32.6 Å². The van der Waals surface area contributed by atoms with Crippen molar-refractivity contribution in [3.05, 3.63) is 0 Å². The number of Topliss-reactive ketones (excluding diaryl/α,β-unsaturated/α-hetero) is 1. The summed E-state index contributed by atoms with van der Waals surface area (Å²) in [7, 11) is 0. The van der Waals surface area contributed by atoms with Gasteiger partial charge >= 0.3 is 0 Å². The number of carbonyl (C=O) groups excluding carboxylic acids is 1. The third kappa shape index (κ3) is 2.03. The van der Waals surface area contributed by atoms with E-state index in [1.807, 2.05) is 6.92 Å². The second-order valence-corrected chi connectivity index (χ2v) is 3.51. The molecule has 0 aromatic heterocycles. The molecule has 0 aromatic rings. The lowest BCUT2D eigenvalue weighted by Gasteiger charge is -2.26. The Morgan fingerprint density at radius 1 is 1.64 bits per heavy atom. The summed E-state index contributed by atoms with van der Waals surface area (Å²) in [6, 6.07) is 0. The van der Waals surface area contributed by atoms with Gasteiger partial charge in [0.05, 0.1) is 0 Å². The van der Waals surface area contributed by atoms with Crippen molar-refractivity contribution in [1.29, 1.82) is 0 Å². The molecule has 0 aromatic carbocycles. The zero-order valence-corrected chi connectivity index (χ0v) is 7.18. The van der Waals surface area contributed by atoms with Crippen LogP contribution in [0.2, 0.25) is 0 Å². The van der Waals surface area contributed by atoms with Crippen LogP contribution < -0.4 is 5.73 Å². The minimum atomic E-state index is 0.199. The highest BCUT2D eigenvalue weighted by Gasteiger charge is 2.28. The zero-order valence-electron chi connectivity index (χ0n) is 7.18. The van der Waals surface area contributed by atoms with E-state index in [0.717, 1.165) is 19.3 Å². The zero-order chi connectivity index (χ0) is 8.27. The van der Waals surface area contributed by atoms with E-state index >= 15 is 0 Å². The number of hydrogen-bond donors (Lipinski definition) is 1. The highest BCUT2D eigenvalue weighted by atomic mass is 16.1. The van der Waals surface area contributed by atoms with Gasteiger partial charge in [0.15, 0.2) is 0 Å². The molecule has 1 atom stereocenters. The Morgan fingerprint density at radius 2 is 2.27 bits per heavy atom. The Labute approximate surface area is 68.2 Å². The topological polar surface area (TPSA) is 43.1 Å². The first-order chi connectivity index (χ1) is 5.25. The minimum Gasteiger partial charge on any atom is -0.330 e. The van der Waals surface area contributed by atoms with Gasteiger partial charge in [-0.15, -0.1) is 0 Å². The number of ketones is 1. The van der Waals surface area contributed by atoms with Crippen molar-refractivity contribution in [3.63, 3.8) is 0 Å². The molecule has 0 aliphatic heterocycles. The van der Waals surface area contributed by atoms with Crippen LogP contribution in [0.1, 0.15) is 32.6 Å². The molecular weight excluding hydrogens is 138 g/mol. The first kappa shape index (κ1) is 8.72. The van der Waals surface area contributed by atoms with E-state index in [2.05, 4.69) is 0 Å². The minimum absolute atomic E-state index is 0.199.